The van der Waals surface area contributed by atoms with Crippen LogP contribution in [0.25, 0.3) is 0 Å². The Morgan fingerprint density at radius 3 is 2.77 bits per heavy atom. The molecule has 0 aromatic carbocycles. The number of ether oxygens (including phenoxy) is 1. The normalized spacial score (nSPS) is 20.6. The molecule has 0 fully saturated rings. The number of carbonyl (C=O) groups is 2. The molecule has 0 aliphatic carbocycles. The number of aliphatic hydroxyl groups is 2. The fraction of sp³-hybridized carbons (Fsp3) is 0.591. The van der Waals surface area contributed by atoms with Crippen LogP contribution >= 0.6 is 0 Å². The van der Waals surface area contributed by atoms with E-state index in [0.29, 0.717) is 25.1 Å². The van der Waals surface area contributed by atoms with Gasteiger partial charge in [-0.15, -0.1) is 0 Å². The number of hydrogen-bond donors (Lipinski definition) is 2. The number of carbonyl (C=O) groups excluding carboxylic acids is 2. The first-order chi connectivity index (χ1) is 14.2. The summed E-state index contributed by atoms with van der Waals surface area (Å²) in [6.45, 7) is 7.62. The van der Waals surface area contributed by atoms with E-state index in [0.717, 1.165) is 0 Å². The van der Waals surface area contributed by atoms with E-state index in [1.165, 1.54) is 6.20 Å². The molecule has 2 heterocycles. The van der Waals surface area contributed by atoms with Crippen molar-refractivity contribution >= 4 is 11.8 Å². The zero-order chi connectivity index (χ0) is 22.4. The van der Waals surface area contributed by atoms with E-state index in [-0.39, 0.29) is 41.9 Å². The average molecular weight is 418 g/mol. The molecule has 8 nitrogen and oxygen atoms in total. The fourth-order valence-electron chi connectivity index (χ4n) is 3.22. The highest BCUT2D eigenvalue weighted by Crippen LogP contribution is 2.27. The van der Waals surface area contributed by atoms with Crippen molar-refractivity contribution < 1.29 is 24.5 Å². The molecule has 0 radical (unpaired) electrons. The van der Waals surface area contributed by atoms with Crippen LogP contribution in [0.2, 0.25) is 0 Å². The zero-order valence-corrected chi connectivity index (χ0v) is 18.3. The Balaban J connectivity index is 2.47. The van der Waals surface area contributed by atoms with Gasteiger partial charge in [0.1, 0.15) is 17.8 Å². The van der Waals surface area contributed by atoms with Crippen molar-refractivity contribution in [3.8, 4) is 17.7 Å². The minimum absolute atomic E-state index is 0.00134. The maximum absolute atomic E-state index is 13.2. The van der Waals surface area contributed by atoms with E-state index in [4.69, 9.17) is 4.74 Å². The monoisotopic (exact) mass is 417 g/mol. The Morgan fingerprint density at radius 2 is 2.17 bits per heavy atom. The molecule has 0 bridgehead atoms. The fourth-order valence-corrected chi connectivity index (χ4v) is 3.22. The number of fused-ring (bicyclic) bond motifs is 1. The Morgan fingerprint density at radius 1 is 1.47 bits per heavy atom. The number of likely N-dealkylation sites (N-methyl/N-ethyl adjacent to an activating group) is 1. The minimum atomic E-state index is -0.804. The van der Waals surface area contributed by atoms with E-state index in [9.17, 15) is 19.8 Å². The van der Waals surface area contributed by atoms with Crippen molar-refractivity contribution in [2.75, 3.05) is 26.7 Å². The van der Waals surface area contributed by atoms with Crippen LogP contribution < -0.4 is 4.74 Å². The van der Waals surface area contributed by atoms with Crippen LogP contribution in [0.1, 0.15) is 50.0 Å². The van der Waals surface area contributed by atoms with Crippen LogP contribution in [-0.4, -0.2) is 81.8 Å². The number of pyridine rings is 1. The summed E-state index contributed by atoms with van der Waals surface area (Å²) in [6, 6.07) is 1.19. The summed E-state index contributed by atoms with van der Waals surface area (Å²) in [4.78, 5) is 32.8. The number of aliphatic hydroxyl groups excluding tert-OH is 2. The van der Waals surface area contributed by atoms with Crippen molar-refractivity contribution in [3.05, 3.63) is 23.4 Å². The van der Waals surface area contributed by atoms with Crippen LogP contribution in [0.5, 0.6) is 5.88 Å². The van der Waals surface area contributed by atoms with E-state index < -0.39 is 12.1 Å². The summed E-state index contributed by atoms with van der Waals surface area (Å²) in [5.74, 6) is 5.20. The van der Waals surface area contributed by atoms with Gasteiger partial charge in [0, 0.05) is 37.7 Å². The highest BCUT2D eigenvalue weighted by Gasteiger charge is 2.34. The molecule has 0 saturated heterocycles. The first-order valence-electron chi connectivity index (χ1n) is 10.2. The summed E-state index contributed by atoms with van der Waals surface area (Å²) in [5.41, 5.74) is 0.723. The van der Waals surface area contributed by atoms with E-state index in [1.54, 1.807) is 43.7 Å². The molecule has 0 saturated carbocycles. The Kier molecular flexibility index (Phi) is 8.21. The second-order valence-electron chi connectivity index (χ2n) is 7.77. The highest BCUT2D eigenvalue weighted by atomic mass is 16.5. The topological polar surface area (TPSA) is 103 Å². The zero-order valence-electron chi connectivity index (χ0n) is 18.3. The lowest BCUT2D eigenvalue weighted by molar-refractivity contribution is -0.131. The first-order valence-corrected chi connectivity index (χ1v) is 10.2. The van der Waals surface area contributed by atoms with Crippen molar-refractivity contribution in [3.63, 3.8) is 0 Å². The van der Waals surface area contributed by atoms with Crippen LogP contribution in [0.3, 0.4) is 0 Å². The van der Waals surface area contributed by atoms with Gasteiger partial charge in [0.2, 0.25) is 11.8 Å². The molecule has 2 N–H and O–H groups in total. The molecule has 2 amide bonds. The molecule has 1 aliphatic rings. The van der Waals surface area contributed by atoms with Gasteiger partial charge in [0.15, 0.2) is 0 Å². The molecule has 164 valence electrons. The number of rotatable bonds is 5. The quantitative estimate of drug-likeness (QED) is 0.690. The summed E-state index contributed by atoms with van der Waals surface area (Å²) in [5, 5.41) is 19.1. The first kappa shape index (κ1) is 23.6. The van der Waals surface area contributed by atoms with Gasteiger partial charge in [0.25, 0.3) is 5.91 Å². The van der Waals surface area contributed by atoms with Crippen molar-refractivity contribution in [1.29, 1.82) is 0 Å². The van der Waals surface area contributed by atoms with E-state index in [1.807, 2.05) is 6.92 Å². The van der Waals surface area contributed by atoms with Gasteiger partial charge >= 0.3 is 0 Å². The Hall–Kier alpha value is -2.63. The summed E-state index contributed by atoms with van der Waals surface area (Å²) >= 11 is 0. The third-order valence-corrected chi connectivity index (χ3v) is 5.13. The lowest BCUT2D eigenvalue weighted by Crippen LogP contribution is -2.50. The molecule has 8 heteroatoms. The molecular weight excluding hydrogens is 386 g/mol. The number of amides is 2. The maximum atomic E-state index is 13.2. The largest absolute Gasteiger partial charge is 0.472 e. The second-order valence-corrected chi connectivity index (χ2v) is 7.77. The van der Waals surface area contributed by atoms with Gasteiger partial charge in [-0.1, -0.05) is 25.7 Å². The summed E-state index contributed by atoms with van der Waals surface area (Å²) in [6.07, 6.45) is 0.699. The van der Waals surface area contributed by atoms with E-state index >= 15 is 0 Å². The average Bonchev–Trinajstić information content (AvgIpc) is 2.73. The number of nitrogens with zero attached hydrogens (tertiary/aromatic N) is 3. The molecule has 0 unspecified atom stereocenters. The van der Waals surface area contributed by atoms with Crippen LogP contribution in [0, 0.1) is 17.8 Å². The Labute approximate surface area is 177 Å². The molecule has 1 aromatic rings. The number of aromatic nitrogens is 1. The third-order valence-electron chi connectivity index (χ3n) is 5.13. The lowest BCUT2D eigenvalue weighted by Gasteiger charge is -2.37. The van der Waals surface area contributed by atoms with Gasteiger partial charge in [-0.3, -0.25) is 9.59 Å². The predicted octanol–water partition coefficient (Wildman–Crippen LogP) is 0.902. The molecule has 1 aliphatic heterocycles. The van der Waals surface area contributed by atoms with Crippen molar-refractivity contribution in [2.24, 2.45) is 5.92 Å². The van der Waals surface area contributed by atoms with Gasteiger partial charge in [0.05, 0.1) is 19.2 Å². The lowest BCUT2D eigenvalue weighted by atomic mass is 10.00. The number of hydrogen-bond acceptors (Lipinski definition) is 6. The molecule has 1 aromatic heterocycles. The van der Waals surface area contributed by atoms with E-state index in [2.05, 4.69) is 16.8 Å². The summed E-state index contributed by atoms with van der Waals surface area (Å²) in [7, 11) is 1.73. The van der Waals surface area contributed by atoms with Gasteiger partial charge in [-0.05, 0) is 19.9 Å². The standard InChI is InChI=1S/C22H31N3O5/c1-6-20(28)24(5)12-19-14(2)11-25(15(3)13-26)22(29)18-9-17(8-7-16(4)27)10-23-21(18)30-19/h9-10,14-16,19,26-27H,6,11-13H2,1-5H3/t14-,15-,16-,19-/m0/s1. The molecular formula is C22H31N3O5. The van der Waals surface area contributed by atoms with Gasteiger partial charge in [-0.2, -0.15) is 0 Å². The minimum Gasteiger partial charge on any atom is -0.472 e. The SMILES string of the molecule is CCC(=O)N(C)C[C@@H]1Oc2ncc(C#C[C@H](C)O)cc2C(=O)N([C@@H](C)CO)C[C@@H]1C. The van der Waals surface area contributed by atoms with Crippen LogP contribution in [0.4, 0.5) is 0 Å². The van der Waals surface area contributed by atoms with Crippen molar-refractivity contribution in [1.82, 2.24) is 14.8 Å². The van der Waals surface area contributed by atoms with Crippen molar-refractivity contribution in [2.45, 2.75) is 52.4 Å². The highest BCUT2D eigenvalue weighted by molar-refractivity contribution is 5.97. The smallest absolute Gasteiger partial charge is 0.259 e. The van der Waals surface area contributed by atoms with Gasteiger partial charge < -0.3 is 24.7 Å². The van der Waals surface area contributed by atoms with Crippen LogP contribution in [0.15, 0.2) is 12.3 Å². The molecule has 4 atom stereocenters. The molecule has 30 heavy (non-hydrogen) atoms. The maximum Gasteiger partial charge on any atom is 0.259 e. The third kappa shape index (κ3) is 5.71. The predicted molar refractivity (Wildman–Crippen MR) is 112 cm³/mol. The second kappa shape index (κ2) is 10.4. The van der Waals surface area contributed by atoms with Crippen LogP contribution in [-0.2, 0) is 4.79 Å². The summed E-state index contributed by atoms with van der Waals surface area (Å²) < 4.78 is 6.11. The Bertz CT molecular complexity index is 830. The van der Waals surface area contributed by atoms with Gasteiger partial charge in [-0.25, -0.2) is 4.98 Å². The molecule has 2 rings (SSSR count). The molecule has 0 spiro atoms.